The van der Waals surface area contributed by atoms with Gasteiger partial charge in [-0.05, 0) is 37.3 Å². The van der Waals surface area contributed by atoms with Crippen LogP contribution in [0.4, 0.5) is 10.1 Å². The summed E-state index contributed by atoms with van der Waals surface area (Å²) >= 11 is 0. The fourth-order valence-electron chi connectivity index (χ4n) is 3.40. The zero-order valence-electron chi connectivity index (χ0n) is 15.2. The second-order valence-electron chi connectivity index (χ2n) is 6.69. The molecule has 3 aromatic rings. The van der Waals surface area contributed by atoms with Crippen molar-refractivity contribution in [3.63, 3.8) is 0 Å². The number of para-hydroxylation sites is 1. The van der Waals surface area contributed by atoms with Crippen molar-refractivity contribution in [2.75, 3.05) is 18.1 Å². The second-order valence-corrected chi connectivity index (χ2v) is 6.69. The number of quaternary nitrogens is 1. The van der Waals surface area contributed by atoms with Gasteiger partial charge in [0.25, 0.3) is 11.3 Å². The van der Waals surface area contributed by atoms with Gasteiger partial charge < -0.3 is 9.88 Å². The number of hydrogen-bond donors (Lipinski definition) is 2. The van der Waals surface area contributed by atoms with E-state index < -0.39 is 17.5 Å². The molecule has 0 spiro atoms. The number of rotatable bonds is 5. The van der Waals surface area contributed by atoms with Crippen LogP contribution in [0.5, 0.6) is 0 Å². The first-order valence-electron chi connectivity index (χ1n) is 8.95. The predicted octanol–water partition coefficient (Wildman–Crippen LogP) is 0.654. The molecule has 2 heterocycles. The first-order chi connectivity index (χ1) is 13.5. The number of ketones is 1. The highest BCUT2D eigenvalue weighted by atomic mass is 19.1. The van der Waals surface area contributed by atoms with Crippen molar-refractivity contribution >= 4 is 28.3 Å². The highest BCUT2D eigenvalue weighted by molar-refractivity contribution is 6.52. The monoisotopic (exact) mass is 381 g/mol. The highest BCUT2D eigenvalue weighted by Crippen LogP contribution is 2.28. The van der Waals surface area contributed by atoms with E-state index in [0.29, 0.717) is 35.5 Å². The summed E-state index contributed by atoms with van der Waals surface area (Å²) in [5.74, 6) is -1.44. The summed E-state index contributed by atoms with van der Waals surface area (Å²) in [6.07, 6.45) is 0. The lowest BCUT2D eigenvalue weighted by Gasteiger charge is -2.23. The summed E-state index contributed by atoms with van der Waals surface area (Å²) in [7, 11) is 0. The Morgan fingerprint density at radius 3 is 2.71 bits per heavy atom. The van der Waals surface area contributed by atoms with Crippen molar-refractivity contribution in [1.82, 2.24) is 9.97 Å². The minimum atomic E-state index is -0.706. The number of nitrogens with one attached hydrogen (secondary N) is 2. The summed E-state index contributed by atoms with van der Waals surface area (Å²) in [5.41, 5.74) is 0.870. The van der Waals surface area contributed by atoms with Gasteiger partial charge in [0.15, 0.2) is 12.5 Å². The lowest BCUT2D eigenvalue weighted by atomic mass is 10.1. The number of aromatic nitrogens is 2. The Labute approximate surface area is 159 Å². The summed E-state index contributed by atoms with van der Waals surface area (Å²) < 4.78 is 13.4. The number of amides is 1. The average Bonchev–Trinajstić information content (AvgIpc) is 2.92. The third-order valence-electron chi connectivity index (χ3n) is 4.89. The normalized spacial score (nSPS) is 14.6. The summed E-state index contributed by atoms with van der Waals surface area (Å²) in [6.45, 7) is 3.13. The molecule has 7 nitrogen and oxygen atoms in total. The molecule has 2 N–H and O–H groups in total. The molecule has 0 radical (unpaired) electrons. The van der Waals surface area contributed by atoms with E-state index in [0.717, 1.165) is 11.0 Å². The fraction of sp³-hybridized carbons (Fsp3) is 0.200. The maximum atomic E-state index is 13.4. The van der Waals surface area contributed by atoms with Gasteiger partial charge in [-0.25, -0.2) is 9.37 Å². The van der Waals surface area contributed by atoms with E-state index in [4.69, 9.17) is 0 Å². The average molecular weight is 381 g/mol. The SMILES string of the molecule is CC[NH+](Cc1nc2ccccc2c(=O)[nH]1)CN1C(=O)C(=O)c2cc(F)ccc21. The summed E-state index contributed by atoms with van der Waals surface area (Å²) in [6, 6.07) is 10.8. The Morgan fingerprint density at radius 1 is 1.14 bits per heavy atom. The third-order valence-corrected chi connectivity index (χ3v) is 4.89. The van der Waals surface area contributed by atoms with Crippen molar-refractivity contribution in [3.05, 3.63) is 70.0 Å². The van der Waals surface area contributed by atoms with Crippen LogP contribution in [-0.2, 0) is 11.3 Å². The van der Waals surface area contributed by atoms with Crippen LogP contribution in [0, 0.1) is 5.82 Å². The number of hydrogen-bond acceptors (Lipinski definition) is 4. The quantitative estimate of drug-likeness (QED) is 0.636. The van der Waals surface area contributed by atoms with Crippen LogP contribution in [0.1, 0.15) is 23.1 Å². The number of fused-ring (bicyclic) bond motifs is 2. The molecule has 0 saturated carbocycles. The van der Waals surface area contributed by atoms with E-state index in [1.807, 2.05) is 13.0 Å². The molecule has 1 aliphatic rings. The minimum absolute atomic E-state index is 0.0812. The molecule has 1 aliphatic heterocycles. The van der Waals surface area contributed by atoms with E-state index in [9.17, 15) is 18.8 Å². The molecule has 4 rings (SSSR count). The highest BCUT2D eigenvalue weighted by Gasteiger charge is 2.38. The van der Waals surface area contributed by atoms with Gasteiger partial charge in [0.1, 0.15) is 12.4 Å². The van der Waals surface area contributed by atoms with Crippen molar-refractivity contribution in [3.8, 4) is 0 Å². The minimum Gasteiger partial charge on any atom is -0.311 e. The van der Waals surface area contributed by atoms with Gasteiger partial charge in [-0.2, -0.15) is 0 Å². The lowest BCUT2D eigenvalue weighted by Crippen LogP contribution is -3.12. The first kappa shape index (κ1) is 18.0. The van der Waals surface area contributed by atoms with Crippen LogP contribution in [0.15, 0.2) is 47.3 Å². The molecule has 1 atom stereocenters. The van der Waals surface area contributed by atoms with E-state index in [-0.39, 0.29) is 17.8 Å². The fourth-order valence-corrected chi connectivity index (χ4v) is 3.40. The molecule has 1 aromatic heterocycles. The van der Waals surface area contributed by atoms with Gasteiger partial charge in [-0.1, -0.05) is 12.1 Å². The molecule has 1 unspecified atom stereocenters. The first-order valence-corrected chi connectivity index (χ1v) is 8.95. The number of carbonyl (C=O) groups excluding carboxylic acids is 2. The molecule has 0 saturated heterocycles. The Balaban J connectivity index is 1.60. The van der Waals surface area contributed by atoms with Crippen molar-refractivity contribution < 1.29 is 18.9 Å². The van der Waals surface area contributed by atoms with Crippen LogP contribution < -0.4 is 15.4 Å². The smallest absolute Gasteiger partial charge is 0.303 e. The molecule has 0 aliphatic carbocycles. The van der Waals surface area contributed by atoms with Crippen molar-refractivity contribution in [2.24, 2.45) is 0 Å². The zero-order valence-corrected chi connectivity index (χ0v) is 15.2. The number of benzene rings is 2. The number of anilines is 1. The summed E-state index contributed by atoms with van der Waals surface area (Å²) in [4.78, 5) is 46.3. The number of nitrogens with zero attached hydrogens (tertiary/aromatic N) is 2. The molecular formula is C20H18FN4O3+. The number of carbonyl (C=O) groups is 2. The number of H-pyrrole nitrogens is 1. The van der Waals surface area contributed by atoms with Crippen molar-refractivity contribution in [1.29, 1.82) is 0 Å². The van der Waals surface area contributed by atoms with E-state index in [2.05, 4.69) is 9.97 Å². The number of Topliss-reactive ketones (excluding diaryl/α,β-unsaturated/α-hetero) is 1. The van der Waals surface area contributed by atoms with Crippen LogP contribution in [0.25, 0.3) is 10.9 Å². The van der Waals surface area contributed by atoms with Gasteiger partial charge in [0, 0.05) is 0 Å². The van der Waals surface area contributed by atoms with Gasteiger partial charge in [-0.15, -0.1) is 0 Å². The second kappa shape index (κ2) is 6.97. The zero-order chi connectivity index (χ0) is 19.8. The molecule has 28 heavy (non-hydrogen) atoms. The largest absolute Gasteiger partial charge is 0.311 e. The topological polar surface area (TPSA) is 87.6 Å². The van der Waals surface area contributed by atoms with Gasteiger partial charge in [-0.3, -0.25) is 19.3 Å². The number of halogens is 1. The standard InChI is InChI=1S/C20H17FN4O3/c1-2-24(10-17-22-15-6-4-3-5-13(15)19(27)23-17)11-25-16-8-7-12(21)9-14(16)18(26)20(25)28/h3-9H,2,10-11H2,1H3,(H,22,23,27)/p+1. The lowest BCUT2D eigenvalue weighted by molar-refractivity contribution is -0.911. The Morgan fingerprint density at radius 2 is 1.93 bits per heavy atom. The number of aromatic amines is 1. The van der Waals surface area contributed by atoms with Gasteiger partial charge >= 0.3 is 5.91 Å². The van der Waals surface area contributed by atoms with Crippen LogP contribution in [-0.4, -0.2) is 34.9 Å². The predicted molar refractivity (Wildman–Crippen MR) is 101 cm³/mol. The maximum Gasteiger partial charge on any atom is 0.303 e. The molecule has 142 valence electrons. The maximum absolute atomic E-state index is 13.4. The van der Waals surface area contributed by atoms with Crippen LogP contribution >= 0.6 is 0 Å². The molecule has 1 amide bonds. The Kier molecular flexibility index (Phi) is 4.48. The molecular weight excluding hydrogens is 363 g/mol. The van der Waals surface area contributed by atoms with Gasteiger partial charge in [0.2, 0.25) is 0 Å². The molecule has 2 aromatic carbocycles. The van der Waals surface area contributed by atoms with E-state index >= 15 is 0 Å². The van der Waals surface area contributed by atoms with E-state index in [1.54, 1.807) is 18.2 Å². The Bertz CT molecular complexity index is 1160. The molecule has 8 heteroatoms. The van der Waals surface area contributed by atoms with Crippen molar-refractivity contribution in [2.45, 2.75) is 13.5 Å². The van der Waals surface area contributed by atoms with Gasteiger partial charge in [0.05, 0.1) is 28.7 Å². The summed E-state index contributed by atoms with van der Waals surface area (Å²) in [5, 5.41) is 0.514. The Hall–Kier alpha value is -3.39. The van der Waals surface area contributed by atoms with Crippen LogP contribution in [0.3, 0.4) is 0 Å². The molecule has 0 fully saturated rings. The van der Waals surface area contributed by atoms with E-state index in [1.165, 1.54) is 17.0 Å². The van der Waals surface area contributed by atoms with Crippen LogP contribution in [0.2, 0.25) is 0 Å². The molecule has 0 bridgehead atoms. The third kappa shape index (κ3) is 3.07.